The van der Waals surface area contributed by atoms with Crippen LogP contribution in [0.4, 0.5) is 17.1 Å². The van der Waals surface area contributed by atoms with Crippen LogP contribution in [0.1, 0.15) is 5.56 Å². The zero-order valence-corrected chi connectivity index (χ0v) is 13.7. The van der Waals surface area contributed by atoms with E-state index in [9.17, 15) is 0 Å². The van der Waals surface area contributed by atoms with Gasteiger partial charge in [0.2, 0.25) is 0 Å². The third-order valence-corrected chi connectivity index (χ3v) is 4.68. The predicted octanol–water partition coefficient (Wildman–Crippen LogP) is 4.82. The van der Waals surface area contributed by atoms with Crippen molar-refractivity contribution in [3.63, 3.8) is 0 Å². The SMILES string of the molecule is CN1CCN(c2cccc(Cl)c2CBr)c2ccccc21. The highest BCUT2D eigenvalue weighted by Gasteiger charge is 2.23. The average Bonchev–Trinajstić information content (AvgIpc) is 2.48. The van der Waals surface area contributed by atoms with Crippen molar-refractivity contribution in [3.8, 4) is 0 Å². The first-order valence-electron chi connectivity index (χ1n) is 6.63. The smallest absolute Gasteiger partial charge is 0.0649 e. The molecule has 0 radical (unpaired) electrons. The molecule has 1 aliphatic heterocycles. The number of para-hydroxylation sites is 2. The Labute approximate surface area is 133 Å². The molecule has 0 fully saturated rings. The number of halogens is 2. The van der Waals surface area contributed by atoms with Gasteiger partial charge in [-0.3, -0.25) is 0 Å². The highest BCUT2D eigenvalue weighted by Crippen LogP contribution is 2.40. The van der Waals surface area contributed by atoms with Crippen LogP contribution >= 0.6 is 27.5 Å². The lowest BCUT2D eigenvalue weighted by Gasteiger charge is -2.37. The molecule has 0 bridgehead atoms. The fraction of sp³-hybridized carbons (Fsp3) is 0.250. The Morgan fingerprint density at radius 2 is 1.70 bits per heavy atom. The van der Waals surface area contributed by atoms with Crippen molar-refractivity contribution in [1.82, 2.24) is 0 Å². The molecule has 20 heavy (non-hydrogen) atoms. The molecule has 3 rings (SSSR count). The largest absolute Gasteiger partial charge is 0.371 e. The Morgan fingerprint density at radius 3 is 2.45 bits per heavy atom. The van der Waals surface area contributed by atoms with Crippen LogP contribution in [0.3, 0.4) is 0 Å². The van der Waals surface area contributed by atoms with Crippen LogP contribution in [0.2, 0.25) is 5.02 Å². The number of hydrogen-bond acceptors (Lipinski definition) is 2. The van der Waals surface area contributed by atoms with E-state index in [2.05, 4.69) is 63.1 Å². The maximum atomic E-state index is 6.34. The van der Waals surface area contributed by atoms with Crippen LogP contribution in [0.5, 0.6) is 0 Å². The van der Waals surface area contributed by atoms with E-state index in [1.807, 2.05) is 12.1 Å². The molecule has 0 spiro atoms. The molecule has 2 aromatic rings. The Morgan fingerprint density at radius 1 is 1.00 bits per heavy atom. The number of rotatable bonds is 2. The molecule has 2 aromatic carbocycles. The quantitative estimate of drug-likeness (QED) is 0.716. The molecule has 2 nitrogen and oxygen atoms in total. The maximum absolute atomic E-state index is 6.34. The molecular formula is C16H16BrClN2. The molecule has 1 heterocycles. The van der Waals surface area contributed by atoms with E-state index < -0.39 is 0 Å². The number of benzene rings is 2. The van der Waals surface area contributed by atoms with Gasteiger partial charge in [0, 0.05) is 41.7 Å². The van der Waals surface area contributed by atoms with Gasteiger partial charge in [-0.2, -0.15) is 0 Å². The van der Waals surface area contributed by atoms with E-state index in [-0.39, 0.29) is 0 Å². The van der Waals surface area contributed by atoms with Gasteiger partial charge < -0.3 is 9.80 Å². The summed E-state index contributed by atoms with van der Waals surface area (Å²) in [6.45, 7) is 1.97. The Bertz CT molecular complexity index is 630. The van der Waals surface area contributed by atoms with Crippen molar-refractivity contribution >= 4 is 44.6 Å². The summed E-state index contributed by atoms with van der Waals surface area (Å²) < 4.78 is 0. The monoisotopic (exact) mass is 350 g/mol. The topological polar surface area (TPSA) is 6.48 Å². The second-order valence-electron chi connectivity index (χ2n) is 4.93. The average molecular weight is 352 g/mol. The highest BCUT2D eigenvalue weighted by atomic mass is 79.9. The molecule has 4 heteroatoms. The maximum Gasteiger partial charge on any atom is 0.0649 e. The van der Waals surface area contributed by atoms with Crippen LogP contribution in [0, 0.1) is 0 Å². The van der Waals surface area contributed by atoms with E-state index in [0.29, 0.717) is 0 Å². The summed E-state index contributed by atoms with van der Waals surface area (Å²) in [5.41, 5.74) is 4.84. The van der Waals surface area contributed by atoms with Gasteiger partial charge in [-0.15, -0.1) is 0 Å². The van der Waals surface area contributed by atoms with Crippen LogP contribution in [0.15, 0.2) is 42.5 Å². The minimum Gasteiger partial charge on any atom is -0.371 e. The number of likely N-dealkylation sites (N-methyl/N-ethyl adjacent to an activating group) is 1. The van der Waals surface area contributed by atoms with E-state index in [0.717, 1.165) is 29.0 Å². The van der Waals surface area contributed by atoms with Crippen LogP contribution in [-0.4, -0.2) is 20.1 Å². The van der Waals surface area contributed by atoms with Crippen LogP contribution in [-0.2, 0) is 5.33 Å². The third kappa shape index (κ3) is 2.29. The zero-order chi connectivity index (χ0) is 14.1. The fourth-order valence-corrected chi connectivity index (χ4v) is 3.68. The second-order valence-corrected chi connectivity index (χ2v) is 5.90. The van der Waals surface area contributed by atoms with E-state index in [1.54, 1.807) is 0 Å². The summed E-state index contributed by atoms with van der Waals surface area (Å²) in [5, 5.41) is 1.58. The molecule has 0 atom stereocenters. The van der Waals surface area contributed by atoms with Crippen LogP contribution in [0.25, 0.3) is 0 Å². The van der Waals surface area contributed by atoms with Gasteiger partial charge in [0.15, 0.2) is 0 Å². The minimum atomic E-state index is 0.760. The van der Waals surface area contributed by atoms with E-state index in [1.165, 1.54) is 17.1 Å². The molecule has 0 unspecified atom stereocenters. The zero-order valence-electron chi connectivity index (χ0n) is 11.3. The van der Waals surface area contributed by atoms with Gasteiger partial charge in [-0.25, -0.2) is 0 Å². The first-order chi connectivity index (χ1) is 9.72. The normalized spacial score (nSPS) is 14.3. The van der Waals surface area contributed by atoms with Crippen molar-refractivity contribution in [3.05, 3.63) is 53.1 Å². The summed E-state index contributed by atoms with van der Waals surface area (Å²) in [5.74, 6) is 0. The first-order valence-corrected chi connectivity index (χ1v) is 8.13. The number of nitrogens with zero attached hydrogens (tertiary/aromatic N) is 2. The molecule has 104 valence electrons. The lowest BCUT2D eigenvalue weighted by atomic mass is 10.1. The lowest BCUT2D eigenvalue weighted by molar-refractivity contribution is 0.820. The molecule has 0 saturated carbocycles. The summed E-state index contributed by atoms with van der Waals surface area (Å²) in [7, 11) is 2.14. The Balaban J connectivity index is 2.13. The molecule has 0 amide bonds. The van der Waals surface area contributed by atoms with Gasteiger partial charge in [0.25, 0.3) is 0 Å². The van der Waals surface area contributed by atoms with Gasteiger partial charge in [0.1, 0.15) is 0 Å². The van der Waals surface area contributed by atoms with Crippen molar-refractivity contribution in [2.24, 2.45) is 0 Å². The van der Waals surface area contributed by atoms with Crippen LogP contribution < -0.4 is 9.80 Å². The molecular weight excluding hydrogens is 336 g/mol. The standard InChI is InChI=1S/C16H16BrClN2/c1-19-9-10-20(16-7-3-2-6-15(16)19)14-8-4-5-13(18)12(14)11-17/h2-8H,9-11H2,1H3. The predicted molar refractivity (Wildman–Crippen MR) is 90.8 cm³/mol. The fourth-order valence-electron chi connectivity index (χ4n) is 2.69. The first kappa shape index (κ1) is 13.8. The number of fused-ring (bicyclic) bond motifs is 1. The van der Waals surface area contributed by atoms with Crippen molar-refractivity contribution in [2.75, 3.05) is 29.9 Å². The van der Waals surface area contributed by atoms with E-state index in [4.69, 9.17) is 11.6 Å². The molecule has 0 aliphatic carbocycles. The summed E-state index contributed by atoms with van der Waals surface area (Å²) in [4.78, 5) is 4.65. The van der Waals surface area contributed by atoms with Crippen molar-refractivity contribution < 1.29 is 0 Å². The molecule has 0 N–H and O–H groups in total. The molecule has 0 saturated heterocycles. The second kappa shape index (κ2) is 5.66. The highest BCUT2D eigenvalue weighted by molar-refractivity contribution is 9.08. The number of hydrogen-bond donors (Lipinski definition) is 0. The Hall–Kier alpha value is -1.19. The number of alkyl halides is 1. The van der Waals surface area contributed by atoms with E-state index >= 15 is 0 Å². The number of anilines is 3. The van der Waals surface area contributed by atoms with Gasteiger partial charge >= 0.3 is 0 Å². The third-order valence-electron chi connectivity index (χ3n) is 3.76. The van der Waals surface area contributed by atoms with Gasteiger partial charge in [-0.1, -0.05) is 45.7 Å². The molecule has 0 aromatic heterocycles. The minimum absolute atomic E-state index is 0.760. The van der Waals surface area contributed by atoms with Crippen molar-refractivity contribution in [1.29, 1.82) is 0 Å². The van der Waals surface area contributed by atoms with Gasteiger partial charge in [-0.05, 0) is 24.3 Å². The Kier molecular flexibility index (Phi) is 3.90. The summed E-state index contributed by atoms with van der Waals surface area (Å²) >= 11 is 9.89. The summed E-state index contributed by atoms with van der Waals surface area (Å²) in [6.07, 6.45) is 0. The summed E-state index contributed by atoms with van der Waals surface area (Å²) in [6, 6.07) is 14.6. The van der Waals surface area contributed by atoms with Gasteiger partial charge in [0.05, 0.1) is 11.4 Å². The van der Waals surface area contributed by atoms with Crippen molar-refractivity contribution in [2.45, 2.75) is 5.33 Å². The lowest BCUT2D eigenvalue weighted by Crippen LogP contribution is -2.36. The molecule has 1 aliphatic rings.